The zero-order valence-corrected chi connectivity index (χ0v) is 21.3. The molecule has 0 spiro atoms. The summed E-state index contributed by atoms with van der Waals surface area (Å²) >= 11 is 0. The number of nitrogens with zero attached hydrogens (tertiary/aromatic N) is 1. The number of H-pyrrole nitrogens is 1. The molecule has 7 heteroatoms. The molecule has 0 bridgehead atoms. The third kappa shape index (κ3) is 16.4. The van der Waals surface area contributed by atoms with Gasteiger partial charge in [0.2, 0.25) is 5.91 Å². The van der Waals surface area contributed by atoms with Gasteiger partial charge in [0.15, 0.2) is 0 Å². The second-order valence-electron chi connectivity index (χ2n) is 9.29. The number of imidazole rings is 1. The molecule has 0 aromatic carbocycles. The Bertz CT molecular complexity index is 634. The SMILES string of the molecule is COC(=O)[C@H](Cc1cnc[nH]1)NC(=O)CCCCCCCCCCCCCCCCCCC=O. The normalized spacial score (nSPS) is 11.8. The van der Waals surface area contributed by atoms with E-state index in [1.807, 2.05) is 0 Å². The molecule has 194 valence electrons. The summed E-state index contributed by atoms with van der Waals surface area (Å²) in [5.74, 6) is -0.543. The lowest BCUT2D eigenvalue weighted by Crippen LogP contribution is -2.43. The minimum absolute atomic E-state index is 0.104. The molecule has 0 fully saturated rings. The number of methoxy groups -OCH3 is 1. The quantitative estimate of drug-likeness (QED) is 0.117. The summed E-state index contributed by atoms with van der Waals surface area (Å²) in [5, 5.41) is 2.79. The van der Waals surface area contributed by atoms with Gasteiger partial charge in [-0.2, -0.15) is 0 Å². The maximum Gasteiger partial charge on any atom is 0.328 e. The number of hydrogen-bond donors (Lipinski definition) is 2. The number of amides is 1. The van der Waals surface area contributed by atoms with Crippen LogP contribution in [0, 0.1) is 0 Å². The number of aldehydes is 1. The fourth-order valence-corrected chi connectivity index (χ4v) is 4.21. The van der Waals surface area contributed by atoms with Crippen LogP contribution in [0.1, 0.15) is 121 Å². The topological polar surface area (TPSA) is 101 Å². The number of carbonyl (C=O) groups excluding carboxylic acids is 3. The summed E-state index contributed by atoms with van der Waals surface area (Å²) in [6.07, 6.45) is 25.6. The highest BCUT2D eigenvalue weighted by Crippen LogP contribution is 2.14. The zero-order chi connectivity index (χ0) is 24.7. The lowest BCUT2D eigenvalue weighted by Gasteiger charge is -2.15. The van der Waals surface area contributed by atoms with E-state index in [2.05, 4.69) is 15.3 Å². The van der Waals surface area contributed by atoms with E-state index in [0.29, 0.717) is 12.8 Å². The van der Waals surface area contributed by atoms with E-state index in [-0.39, 0.29) is 5.91 Å². The van der Waals surface area contributed by atoms with Crippen LogP contribution in [-0.2, 0) is 25.5 Å². The third-order valence-electron chi connectivity index (χ3n) is 6.28. The zero-order valence-electron chi connectivity index (χ0n) is 21.3. The van der Waals surface area contributed by atoms with Crippen LogP contribution in [0.5, 0.6) is 0 Å². The van der Waals surface area contributed by atoms with E-state index in [1.54, 1.807) is 12.5 Å². The molecule has 1 aromatic heterocycles. The number of aromatic nitrogens is 2. The third-order valence-corrected chi connectivity index (χ3v) is 6.28. The molecule has 0 aliphatic heterocycles. The average molecular weight is 478 g/mol. The highest BCUT2D eigenvalue weighted by atomic mass is 16.5. The van der Waals surface area contributed by atoms with Gasteiger partial charge >= 0.3 is 5.97 Å². The van der Waals surface area contributed by atoms with Crippen molar-refractivity contribution in [3.05, 3.63) is 18.2 Å². The Morgan fingerprint density at radius 1 is 0.882 bits per heavy atom. The summed E-state index contributed by atoms with van der Waals surface area (Å²) in [6, 6.07) is -0.683. The van der Waals surface area contributed by atoms with Gasteiger partial charge in [0.05, 0.1) is 13.4 Å². The van der Waals surface area contributed by atoms with Gasteiger partial charge < -0.3 is 19.8 Å². The summed E-state index contributed by atoms with van der Waals surface area (Å²) in [6.45, 7) is 0. The first kappa shape index (κ1) is 29.9. The molecule has 1 amide bonds. The molecule has 0 aliphatic rings. The van der Waals surface area contributed by atoms with E-state index in [9.17, 15) is 14.4 Å². The minimum atomic E-state index is -0.683. The van der Waals surface area contributed by atoms with Crippen molar-refractivity contribution >= 4 is 18.2 Å². The molecular formula is C27H47N3O4. The molecule has 7 nitrogen and oxygen atoms in total. The van der Waals surface area contributed by atoms with E-state index in [0.717, 1.165) is 44.1 Å². The van der Waals surface area contributed by atoms with Gasteiger partial charge in [-0.05, 0) is 12.8 Å². The predicted octanol–water partition coefficient (Wildman–Crippen LogP) is 5.83. The molecular weight excluding hydrogens is 430 g/mol. The lowest BCUT2D eigenvalue weighted by molar-refractivity contribution is -0.145. The van der Waals surface area contributed by atoms with Crippen LogP contribution in [0.4, 0.5) is 0 Å². The van der Waals surface area contributed by atoms with Crippen molar-refractivity contribution in [1.29, 1.82) is 0 Å². The molecule has 1 heterocycles. The maximum atomic E-state index is 12.2. The van der Waals surface area contributed by atoms with Crippen molar-refractivity contribution in [3.63, 3.8) is 0 Å². The van der Waals surface area contributed by atoms with Crippen molar-refractivity contribution in [2.75, 3.05) is 7.11 Å². The standard InChI is InChI=1S/C27H47N3O4/c1-34-27(33)25(21-24-22-28-23-29-24)30-26(32)19-17-15-13-11-9-7-5-3-2-4-6-8-10-12-14-16-18-20-31/h20,22-23,25H,2-19,21H2,1H3,(H,28,29)(H,30,32)/t25-/m0/s1. The maximum absolute atomic E-state index is 12.2. The highest BCUT2D eigenvalue weighted by molar-refractivity contribution is 5.84. The molecule has 0 saturated heterocycles. The Balaban J connectivity index is 1.89. The lowest BCUT2D eigenvalue weighted by atomic mass is 10.0. The van der Waals surface area contributed by atoms with Gasteiger partial charge in [-0.1, -0.05) is 89.9 Å². The molecule has 0 radical (unpaired) electrons. The van der Waals surface area contributed by atoms with Crippen LogP contribution in [0.15, 0.2) is 12.5 Å². The van der Waals surface area contributed by atoms with Crippen LogP contribution < -0.4 is 5.32 Å². The Morgan fingerprint density at radius 2 is 1.38 bits per heavy atom. The summed E-state index contributed by atoms with van der Waals surface area (Å²) < 4.78 is 4.81. The van der Waals surface area contributed by atoms with Crippen molar-refractivity contribution in [1.82, 2.24) is 15.3 Å². The number of rotatable bonds is 23. The monoisotopic (exact) mass is 477 g/mol. The predicted molar refractivity (Wildman–Crippen MR) is 135 cm³/mol. The number of nitrogens with one attached hydrogen (secondary N) is 2. The van der Waals surface area contributed by atoms with Crippen molar-refractivity contribution < 1.29 is 19.1 Å². The van der Waals surface area contributed by atoms with Crippen LogP contribution in [-0.4, -0.2) is 41.3 Å². The molecule has 2 N–H and O–H groups in total. The second-order valence-corrected chi connectivity index (χ2v) is 9.29. The Hall–Kier alpha value is -2.18. The molecule has 34 heavy (non-hydrogen) atoms. The van der Waals surface area contributed by atoms with Gasteiger partial charge in [0.25, 0.3) is 0 Å². The van der Waals surface area contributed by atoms with Crippen LogP contribution in [0.25, 0.3) is 0 Å². The van der Waals surface area contributed by atoms with Gasteiger partial charge in [0.1, 0.15) is 12.3 Å². The molecule has 1 atom stereocenters. The van der Waals surface area contributed by atoms with Crippen LogP contribution in [0.3, 0.4) is 0 Å². The first-order valence-electron chi connectivity index (χ1n) is 13.5. The fourth-order valence-electron chi connectivity index (χ4n) is 4.21. The first-order chi connectivity index (χ1) is 16.7. The van der Waals surface area contributed by atoms with Crippen molar-refractivity contribution in [3.8, 4) is 0 Å². The first-order valence-corrected chi connectivity index (χ1v) is 13.5. The van der Waals surface area contributed by atoms with E-state index < -0.39 is 12.0 Å². The van der Waals surface area contributed by atoms with E-state index in [1.165, 1.54) is 84.2 Å². The Kier molecular flexibility index (Phi) is 18.8. The smallest absolute Gasteiger partial charge is 0.328 e. The number of carbonyl (C=O) groups is 3. The summed E-state index contributed by atoms with van der Waals surface area (Å²) in [7, 11) is 1.33. The number of unbranched alkanes of at least 4 members (excludes halogenated alkanes) is 16. The van der Waals surface area contributed by atoms with E-state index >= 15 is 0 Å². The second kappa shape index (κ2) is 21.4. The van der Waals surface area contributed by atoms with Crippen molar-refractivity contribution in [2.24, 2.45) is 0 Å². The van der Waals surface area contributed by atoms with Gasteiger partial charge in [-0.3, -0.25) is 4.79 Å². The minimum Gasteiger partial charge on any atom is -0.467 e. The van der Waals surface area contributed by atoms with E-state index in [4.69, 9.17) is 4.74 Å². The number of hydrogen-bond acceptors (Lipinski definition) is 5. The fraction of sp³-hybridized carbons (Fsp3) is 0.778. The number of ether oxygens (including phenoxy) is 1. The molecule has 0 saturated carbocycles. The van der Waals surface area contributed by atoms with Gasteiger partial charge in [0, 0.05) is 31.2 Å². The molecule has 1 rings (SSSR count). The Labute approximate surface area is 206 Å². The number of aromatic amines is 1. The number of esters is 1. The van der Waals surface area contributed by atoms with Gasteiger partial charge in [-0.15, -0.1) is 0 Å². The van der Waals surface area contributed by atoms with Crippen LogP contribution in [0.2, 0.25) is 0 Å². The van der Waals surface area contributed by atoms with Crippen molar-refractivity contribution in [2.45, 2.75) is 128 Å². The highest BCUT2D eigenvalue weighted by Gasteiger charge is 2.22. The summed E-state index contributed by atoms with van der Waals surface area (Å²) in [5.41, 5.74) is 0.786. The molecule has 0 unspecified atom stereocenters. The molecule has 1 aromatic rings. The van der Waals surface area contributed by atoms with Crippen LogP contribution >= 0.6 is 0 Å². The van der Waals surface area contributed by atoms with Gasteiger partial charge in [-0.25, -0.2) is 9.78 Å². The largest absolute Gasteiger partial charge is 0.467 e. The average Bonchev–Trinajstić information content (AvgIpc) is 3.35. The molecule has 0 aliphatic carbocycles. The Morgan fingerprint density at radius 3 is 1.82 bits per heavy atom. The summed E-state index contributed by atoms with van der Waals surface area (Å²) in [4.78, 5) is 41.3.